The third-order valence-electron chi connectivity index (χ3n) is 4.04. The summed E-state index contributed by atoms with van der Waals surface area (Å²) in [5.74, 6) is 0.438. The van der Waals surface area contributed by atoms with E-state index in [4.69, 9.17) is 5.73 Å². The van der Waals surface area contributed by atoms with Gasteiger partial charge in [0.1, 0.15) is 0 Å². The Labute approximate surface area is 115 Å². The molecule has 5 nitrogen and oxygen atoms in total. The highest BCUT2D eigenvalue weighted by Gasteiger charge is 2.42. The maximum atomic E-state index is 11.8. The van der Waals surface area contributed by atoms with Crippen LogP contribution < -0.4 is 5.73 Å². The lowest BCUT2D eigenvalue weighted by molar-refractivity contribution is 0.317. The van der Waals surface area contributed by atoms with Gasteiger partial charge in [0.15, 0.2) is 9.84 Å². The first kappa shape index (κ1) is 14.5. The van der Waals surface area contributed by atoms with Crippen LogP contribution in [0.1, 0.15) is 44.1 Å². The molecule has 2 N–H and O–H groups in total. The molecule has 1 atom stereocenters. The van der Waals surface area contributed by atoms with Crippen molar-refractivity contribution in [3.63, 3.8) is 0 Å². The Morgan fingerprint density at radius 2 is 2.05 bits per heavy atom. The van der Waals surface area contributed by atoms with Crippen molar-refractivity contribution in [1.82, 2.24) is 9.78 Å². The lowest BCUT2D eigenvalue weighted by Crippen LogP contribution is -2.34. The molecule has 1 unspecified atom stereocenters. The van der Waals surface area contributed by atoms with Crippen LogP contribution in [0.4, 0.5) is 0 Å². The van der Waals surface area contributed by atoms with Crippen molar-refractivity contribution in [3.8, 4) is 0 Å². The monoisotopic (exact) mass is 285 g/mol. The first-order valence-corrected chi connectivity index (χ1v) is 8.69. The molecule has 6 heteroatoms. The number of nitrogens with zero attached hydrogens (tertiary/aromatic N) is 2. The fraction of sp³-hybridized carbons (Fsp3) is 0.769. The van der Waals surface area contributed by atoms with E-state index in [1.807, 2.05) is 11.6 Å². The number of hydrogen-bond donors (Lipinski definition) is 1. The smallest absolute Gasteiger partial charge is 0.152 e. The average molecular weight is 285 g/mol. The van der Waals surface area contributed by atoms with E-state index in [-0.39, 0.29) is 11.5 Å². The fourth-order valence-electron chi connectivity index (χ4n) is 3.03. The molecular weight excluding hydrogens is 262 g/mol. The van der Waals surface area contributed by atoms with E-state index in [0.29, 0.717) is 13.0 Å². The lowest BCUT2D eigenvalue weighted by Gasteiger charge is -2.25. The van der Waals surface area contributed by atoms with Crippen LogP contribution in [0.5, 0.6) is 0 Å². The van der Waals surface area contributed by atoms with E-state index in [0.717, 1.165) is 29.8 Å². The molecule has 2 heterocycles. The molecule has 0 amide bonds. The van der Waals surface area contributed by atoms with Crippen molar-refractivity contribution >= 4 is 9.84 Å². The zero-order valence-electron chi connectivity index (χ0n) is 11.9. The van der Waals surface area contributed by atoms with Gasteiger partial charge in [0.25, 0.3) is 0 Å². The normalized spacial score (nSPS) is 25.9. The van der Waals surface area contributed by atoms with Crippen molar-refractivity contribution in [3.05, 3.63) is 17.0 Å². The molecule has 0 saturated carbocycles. The molecule has 1 aliphatic heterocycles. The molecule has 2 rings (SSSR count). The molecule has 19 heavy (non-hydrogen) atoms. The zero-order chi connectivity index (χ0) is 14.3. The standard InChI is InChI=1S/C13H23N3O2S/c1-4-11-10(8-14)12(5-2)16(15-11)13(3)6-7-19(17,18)9-13/h4-9,14H2,1-3H3. The van der Waals surface area contributed by atoms with E-state index in [2.05, 4.69) is 18.9 Å². The SMILES string of the molecule is CCc1nn(C2(C)CCS(=O)(=O)C2)c(CC)c1CN. The number of aromatic nitrogens is 2. The van der Waals surface area contributed by atoms with Crippen LogP contribution in [0.15, 0.2) is 0 Å². The molecule has 1 aromatic rings. The van der Waals surface area contributed by atoms with E-state index in [9.17, 15) is 8.42 Å². The molecule has 1 fully saturated rings. The van der Waals surface area contributed by atoms with E-state index in [1.54, 1.807) is 0 Å². The van der Waals surface area contributed by atoms with Crippen molar-refractivity contribution < 1.29 is 8.42 Å². The Kier molecular flexibility index (Phi) is 3.75. The van der Waals surface area contributed by atoms with Gasteiger partial charge in [-0.05, 0) is 26.2 Å². The predicted octanol–water partition coefficient (Wildman–Crippen LogP) is 1.00. The van der Waals surface area contributed by atoms with Crippen LogP contribution in [0.3, 0.4) is 0 Å². The summed E-state index contributed by atoms with van der Waals surface area (Å²) in [7, 11) is -2.94. The van der Waals surface area contributed by atoms with Crippen LogP contribution in [0.25, 0.3) is 0 Å². The van der Waals surface area contributed by atoms with Gasteiger partial charge < -0.3 is 5.73 Å². The Balaban J connectivity index is 2.54. The molecule has 0 spiro atoms. The minimum Gasteiger partial charge on any atom is -0.326 e. The summed E-state index contributed by atoms with van der Waals surface area (Å²) in [5.41, 5.74) is 8.62. The molecule has 0 aliphatic carbocycles. The molecule has 0 aromatic carbocycles. The molecular formula is C13H23N3O2S. The highest BCUT2D eigenvalue weighted by Crippen LogP contribution is 2.33. The topological polar surface area (TPSA) is 78.0 Å². The van der Waals surface area contributed by atoms with Gasteiger partial charge in [-0.3, -0.25) is 4.68 Å². The van der Waals surface area contributed by atoms with Gasteiger partial charge in [0.05, 0.1) is 22.7 Å². The Morgan fingerprint density at radius 1 is 1.37 bits per heavy atom. The van der Waals surface area contributed by atoms with Crippen LogP contribution in [-0.2, 0) is 34.8 Å². The van der Waals surface area contributed by atoms with Crippen molar-refractivity contribution in [2.45, 2.75) is 52.1 Å². The maximum Gasteiger partial charge on any atom is 0.152 e. The predicted molar refractivity (Wildman–Crippen MR) is 75.8 cm³/mol. The Hall–Kier alpha value is -0.880. The second-order valence-corrected chi connectivity index (χ2v) is 7.72. The van der Waals surface area contributed by atoms with Gasteiger partial charge in [-0.1, -0.05) is 13.8 Å². The zero-order valence-corrected chi connectivity index (χ0v) is 12.8. The molecule has 1 aliphatic rings. The third-order valence-corrected chi connectivity index (χ3v) is 5.93. The van der Waals surface area contributed by atoms with Gasteiger partial charge in [0.2, 0.25) is 0 Å². The highest BCUT2D eigenvalue weighted by molar-refractivity contribution is 7.91. The Bertz CT molecular complexity index is 577. The van der Waals surface area contributed by atoms with Gasteiger partial charge in [-0.25, -0.2) is 8.42 Å². The number of aryl methyl sites for hydroxylation is 1. The van der Waals surface area contributed by atoms with Crippen LogP contribution in [0.2, 0.25) is 0 Å². The minimum atomic E-state index is -2.94. The van der Waals surface area contributed by atoms with Gasteiger partial charge in [-0.2, -0.15) is 5.10 Å². The average Bonchev–Trinajstić information content (AvgIpc) is 2.86. The van der Waals surface area contributed by atoms with E-state index in [1.165, 1.54) is 0 Å². The second-order valence-electron chi connectivity index (χ2n) is 5.53. The minimum absolute atomic E-state index is 0.182. The van der Waals surface area contributed by atoms with Crippen LogP contribution in [-0.4, -0.2) is 29.7 Å². The number of hydrogen-bond acceptors (Lipinski definition) is 4. The largest absolute Gasteiger partial charge is 0.326 e. The number of rotatable bonds is 4. The fourth-order valence-corrected chi connectivity index (χ4v) is 5.13. The molecule has 1 saturated heterocycles. The molecule has 0 bridgehead atoms. The first-order chi connectivity index (χ1) is 8.87. The van der Waals surface area contributed by atoms with Crippen LogP contribution >= 0.6 is 0 Å². The summed E-state index contributed by atoms with van der Waals surface area (Å²) in [6.45, 7) is 6.58. The number of sulfone groups is 1. The summed E-state index contributed by atoms with van der Waals surface area (Å²) < 4.78 is 25.5. The second kappa shape index (κ2) is 4.90. The number of nitrogens with two attached hydrogens (primary N) is 1. The maximum absolute atomic E-state index is 11.8. The quantitative estimate of drug-likeness (QED) is 0.895. The summed E-state index contributed by atoms with van der Waals surface area (Å²) in [5, 5.41) is 4.66. The first-order valence-electron chi connectivity index (χ1n) is 6.87. The van der Waals surface area contributed by atoms with Gasteiger partial charge >= 0.3 is 0 Å². The summed E-state index contributed by atoms with van der Waals surface area (Å²) in [6.07, 6.45) is 2.29. The molecule has 108 valence electrons. The van der Waals surface area contributed by atoms with Crippen molar-refractivity contribution in [1.29, 1.82) is 0 Å². The van der Waals surface area contributed by atoms with Gasteiger partial charge in [-0.15, -0.1) is 0 Å². The van der Waals surface area contributed by atoms with E-state index < -0.39 is 15.4 Å². The summed E-state index contributed by atoms with van der Waals surface area (Å²) >= 11 is 0. The van der Waals surface area contributed by atoms with Crippen LogP contribution in [0, 0.1) is 0 Å². The highest BCUT2D eigenvalue weighted by atomic mass is 32.2. The van der Waals surface area contributed by atoms with Crippen molar-refractivity contribution in [2.24, 2.45) is 5.73 Å². The molecule has 1 aromatic heterocycles. The lowest BCUT2D eigenvalue weighted by atomic mass is 10.0. The Morgan fingerprint density at radius 3 is 2.47 bits per heavy atom. The van der Waals surface area contributed by atoms with Gasteiger partial charge in [0, 0.05) is 17.8 Å². The molecule has 0 radical (unpaired) electrons. The third kappa shape index (κ3) is 2.43. The summed E-state index contributed by atoms with van der Waals surface area (Å²) in [6, 6.07) is 0. The van der Waals surface area contributed by atoms with E-state index >= 15 is 0 Å². The summed E-state index contributed by atoms with van der Waals surface area (Å²) in [4.78, 5) is 0. The van der Waals surface area contributed by atoms with Crippen molar-refractivity contribution in [2.75, 3.05) is 11.5 Å².